The molecule has 1 aliphatic rings. The Hall–Kier alpha value is -1.27. The largest absolute Gasteiger partial charge is 0.369 e. The number of nitrogens with one attached hydrogen (secondary N) is 1. The summed E-state index contributed by atoms with van der Waals surface area (Å²) in [7, 11) is 0. The highest BCUT2D eigenvalue weighted by Crippen LogP contribution is 2.27. The van der Waals surface area contributed by atoms with Crippen LogP contribution in [0, 0.1) is 5.92 Å². The Labute approximate surface area is 120 Å². The number of hydrogen-bond donors (Lipinski definition) is 2. The summed E-state index contributed by atoms with van der Waals surface area (Å²) in [6.07, 6.45) is 0.641. The summed E-state index contributed by atoms with van der Waals surface area (Å²) in [6, 6.07) is 3.44. The third kappa shape index (κ3) is 3.39. The van der Waals surface area contributed by atoms with E-state index in [4.69, 9.17) is 17.3 Å². The van der Waals surface area contributed by atoms with Gasteiger partial charge >= 0.3 is 6.03 Å². The molecule has 1 aromatic heterocycles. The molecule has 1 fully saturated rings. The Morgan fingerprint density at radius 2 is 2.32 bits per heavy atom. The van der Waals surface area contributed by atoms with Crippen molar-refractivity contribution < 1.29 is 9.59 Å². The van der Waals surface area contributed by atoms with Crippen molar-refractivity contribution in [3.63, 3.8) is 0 Å². The Kier molecular flexibility index (Phi) is 4.31. The number of amides is 3. The molecule has 3 amide bonds. The molecule has 2 atom stereocenters. The summed E-state index contributed by atoms with van der Waals surface area (Å²) < 4.78 is 0.700. The minimum atomic E-state index is -0.339. The van der Waals surface area contributed by atoms with Crippen molar-refractivity contribution in [3.05, 3.63) is 21.3 Å². The van der Waals surface area contributed by atoms with Gasteiger partial charge in [-0.15, -0.1) is 11.3 Å². The number of hydrogen-bond acceptors (Lipinski definition) is 3. The van der Waals surface area contributed by atoms with Gasteiger partial charge in [0.1, 0.15) is 0 Å². The molecule has 7 heteroatoms. The maximum absolute atomic E-state index is 12.0. The van der Waals surface area contributed by atoms with Gasteiger partial charge in [0.15, 0.2) is 0 Å². The standard InChI is InChI=1S/C12H16ClN3O2S/c1-7(9-2-3-10(13)19-9)15-12(18)16-5-4-8(6-16)11(14)17/h2-3,7-8H,4-6H2,1H3,(H2,14,17)(H,15,18)/t7-,8+/m0/s1. The lowest BCUT2D eigenvalue weighted by molar-refractivity contribution is -0.121. The Morgan fingerprint density at radius 1 is 1.58 bits per heavy atom. The first-order valence-corrected chi connectivity index (χ1v) is 7.27. The second-order valence-corrected chi connectivity index (χ2v) is 6.39. The van der Waals surface area contributed by atoms with Crippen LogP contribution in [-0.2, 0) is 4.79 Å². The first-order chi connectivity index (χ1) is 8.97. The van der Waals surface area contributed by atoms with E-state index in [1.165, 1.54) is 11.3 Å². The lowest BCUT2D eigenvalue weighted by atomic mass is 10.1. The van der Waals surface area contributed by atoms with Crippen molar-refractivity contribution in [1.29, 1.82) is 0 Å². The molecule has 1 aliphatic heterocycles. The number of nitrogens with zero attached hydrogens (tertiary/aromatic N) is 1. The molecule has 0 saturated carbocycles. The van der Waals surface area contributed by atoms with Crippen molar-refractivity contribution in [2.45, 2.75) is 19.4 Å². The van der Waals surface area contributed by atoms with Crippen molar-refractivity contribution in [1.82, 2.24) is 10.2 Å². The van der Waals surface area contributed by atoms with E-state index in [1.807, 2.05) is 19.1 Å². The van der Waals surface area contributed by atoms with Gasteiger partial charge in [-0.25, -0.2) is 4.79 Å². The molecule has 104 valence electrons. The average molecular weight is 302 g/mol. The molecule has 1 aromatic rings. The minimum Gasteiger partial charge on any atom is -0.369 e. The van der Waals surface area contributed by atoms with E-state index >= 15 is 0 Å². The van der Waals surface area contributed by atoms with Gasteiger partial charge in [-0.3, -0.25) is 4.79 Å². The van der Waals surface area contributed by atoms with Crippen LogP contribution in [0.2, 0.25) is 4.34 Å². The number of primary amides is 1. The van der Waals surface area contributed by atoms with E-state index in [-0.39, 0.29) is 23.9 Å². The number of carbonyl (C=O) groups excluding carboxylic acids is 2. The van der Waals surface area contributed by atoms with Gasteiger partial charge in [-0.1, -0.05) is 11.6 Å². The minimum absolute atomic E-state index is 0.0994. The monoisotopic (exact) mass is 301 g/mol. The zero-order valence-electron chi connectivity index (χ0n) is 10.6. The maximum Gasteiger partial charge on any atom is 0.317 e. The number of halogens is 1. The average Bonchev–Trinajstić information content (AvgIpc) is 2.96. The molecule has 1 saturated heterocycles. The zero-order valence-corrected chi connectivity index (χ0v) is 12.1. The van der Waals surface area contributed by atoms with Crippen LogP contribution in [-0.4, -0.2) is 29.9 Å². The van der Waals surface area contributed by atoms with Gasteiger partial charge in [0.25, 0.3) is 0 Å². The first-order valence-electron chi connectivity index (χ1n) is 6.07. The fourth-order valence-electron chi connectivity index (χ4n) is 2.09. The van der Waals surface area contributed by atoms with Crippen LogP contribution in [0.1, 0.15) is 24.3 Å². The third-order valence-corrected chi connectivity index (χ3v) is 4.65. The fraction of sp³-hybridized carbons (Fsp3) is 0.500. The van der Waals surface area contributed by atoms with E-state index in [0.29, 0.717) is 23.8 Å². The summed E-state index contributed by atoms with van der Waals surface area (Å²) in [5, 5.41) is 2.90. The van der Waals surface area contributed by atoms with E-state index in [2.05, 4.69) is 5.32 Å². The van der Waals surface area contributed by atoms with Gasteiger partial charge in [-0.05, 0) is 25.5 Å². The van der Waals surface area contributed by atoms with Gasteiger partial charge in [0.2, 0.25) is 5.91 Å². The van der Waals surface area contributed by atoms with Gasteiger partial charge < -0.3 is 16.0 Å². The molecule has 2 rings (SSSR count). The molecule has 0 aromatic carbocycles. The smallest absolute Gasteiger partial charge is 0.317 e. The second-order valence-electron chi connectivity index (χ2n) is 4.65. The van der Waals surface area contributed by atoms with Crippen LogP contribution in [0.25, 0.3) is 0 Å². The molecule has 19 heavy (non-hydrogen) atoms. The molecule has 2 heterocycles. The molecular weight excluding hydrogens is 286 g/mol. The Morgan fingerprint density at radius 3 is 2.84 bits per heavy atom. The highest BCUT2D eigenvalue weighted by molar-refractivity contribution is 7.16. The number of rotatable bonds is 3. The zero-order chi connectivity index (χ0) is 14.0. The summed E-state index contributed by atoms with van der Waals surface area (Å²) in [5.74, 6) is -0.564. The first kappa shape index (κ1) is 14.1. The van der Waals surface area contributed by atoms with Crippen LogP contribution in [0.4, 0.5) is 4.79 Å². The predicted molar refractivity (Wildman–Crippen MR) is 75.2 cm³/mol. The summed E-state index contributed by atoms with van der Waals surface area (Å²) in [6.45, 7) is 2.87. The quantitative estimate of drug-likeness (QED) is 0.895. The number of urea groups is 1. The summed E-state index contributed by atoms with van der Waals surface area (Å²) in [4.78, 5) is 25.7. The summed E-state index contributed by atoms with van der Waals surface area (Å²) >= 11 is 7.31. The SMILES string of the molecule is C[C@H](NC(=O)N1CC[C@@H](C(N)=O)C1)c1ccc(Cl)s1. The summed E-state index contributed by atoms with van der Waals surface area (Å²) in [5.41, 5.74) is 5.24. The van der Waals surface area contributed by atoms with E-state index < -0.39 is 0 Å². The molecule has 0 radical (unpaired) electrons. The molecule has 3 N–H and O–H groups in total. The van der Waals surface area contributed by atoms with E-state index in [9.17, 15) is 9.59 Å². The Balaban J connectivity index is 1.89. The van der Waals surface area contributed by atoms with E-state index in [0.717, 1.165) is 4.88 Å². The predicted octanol–water partition coefficient (Wildman–Crippen LogP) is 1.98. The molecule has 5 nitrogen and oxygen atoms in total. The van der Waals surface area contributed by atoms with Crippen molar-refractivity contribution in [3.8, 4) is 0 Å². The number of nitrogens with two attached hydrogens (primary N) is 1. The van der Waals surface area contributed by atoms with Crippen LogP contribution < -0.4 is 11.1 Å². The highest BCUT2D eigenvalue weighted by Gasteiger charge is 2.30. The normalized spacial score (nSPS) is 20.3. The maximum atomic E-state index is 12.0. The van der Waals surface area contributed by atoms with Crippen LogP contribution in [0.5, 0.6) is 0 Å². The van der Waals surface area contributed by atoms with Crippen LogP contribution in [0.15, 0.2) is 12.1 Å². The lowest BCUT2D eigenvalue weighted by Gasteiger charge is -2.20. The van der Waals surface area contributed by atoms with Gasteiger partial charge in [-0.2, -0.15) is 0 Å². The van der Waals surface area contributed by atoms with Crippen LogP contribution >= 0.6 is 22.9 Å². The molecule has 0 bridgehead atoms. The van der Waals surface area contributed by atoms with E-state index in [1.54, 1.807) is 4.90 Å². The van der Waals surface area contributed by atoms with Crippen molar-refractivity contribution in [2.75, 3.05) is 13.1 Å². The van der Waals surface area contributed by atoms with Crippen molar-refractivity contribution >= 4 is 34.9 Å². The molecule has 0 aliphatic carbocycles. The number of carbonyl (C=O) groups is 2. The molecule has 0 unspecified atom stereocenters. The van der Waals surface area contributed by atoms with Gasteiger partial charge in [0, 0.05) is 18.0 Å². The fourth-order valence-corrected chi connectivity index (χ4v) is 3.15. The van der Waals surface area contributed by atoms with Crippen LogP contribution in [0.3, 0.4) is 0 Å². The van der Waals surface area contributed by atoms with Crippen molar-refractivity contribution in [2.24, 2.45) is 11.7 Å². The number of thiophene rings is 1. The second kappa shape index (κ2) is 5.79. The molecular formula is C12H16ClN3O2S. The Bertz CT molecular complexity index is 491. The number of likely N-dealkylation sites (tertiary alicyclic amines) is 1. The third-order valence-electron chi connectivity index (χ3n) is 3.24. The topological polar surface area (TPSA) is 75.4 Å². The highest BCUT2D eigenvalue weighted by atomic mass is 35.5. The molecule has 0 spiro atoms. The lowest BCUT2D eigenvalue weighted by Crippen LogP contribution is -2.40. The van der Waals surface area contributed by atoms with Gasteiger partial charge in [0.05, 0.1) is 16.3 Å².